The van der Waals surface area contributed by atoms with E-state index in [1.807, 2.05) is 0 Å². The predicted molar refractivity (Wildman–Crippen MR) is 101 cm³/mol. The summed E-state index contributed by atoms with van der Waals surface area (Å²) in [6.07, 6.45) is -2.98. The Kier molecular flexibility index (Phi) is 4.68. The van der Waals surface area contributed by atoms with E-state index in [0.717, 1.165) is 23.5 Å². The molecule has 0 unspecified atom stereocenters. The highest BCUT2D eigenvalue weighted by Gasteiger charge is 2.37. The summed E-state index contributed by atoms with van der Waals surface area (Å²) in [7, 11) is 0. The highest BCUT2D eigenvalue weighted by molar-refractivity contribution is 5.82. The van der Waals surface area contributed by atoms with E-state index in [1.165, 1.54) is 12.1 Å². The van der Waals surface area contributed by atoms with Gasteiger partial charge in [0.25, 0.3) is 0 Å². The van der Waals surface area contributed by atoms with E-state index < -0.39 is 11.7 Å². The van der Waals surface area contributed by atoms with Crippen LogP contribution in [-0.4, -0.2) is 17.5 Å². The first-order chi connectivity index (χ1) is 13.8. The number of nitrogens with zero attached hydrogens (tertiary/aromatic N) is 1. The lowest BCUT2D eigenvalue weighted by Crippen LogP contribution is -2.11. The molecule has 0 bridgehead atoms. The number of alkyl halides is 3. The third kappa shape index (κ3) is 3.52. The molecule has 29 heavy (non-hydrogen) atoms. The van der Waals surface area contributed by atoms with Crippen LogP contribution in [0.5, 0.6) is 5.75 Å². The number of aryl methyl sites for hydroxylation is 1. The second-order valence-electron chi connectivity index (χ2n) is 7.25. The third-order valence-corrected chi connectivity index (χ3v) is 4.87. The molecular weight excluding hydrogens is 383 g/mol. The van der Waals surface area contributed by atoms with E-state index in [4.69, 9.17) is 9.26 Å². The molecular formula is C22H18F3NO3. The number of ether oxygens (including phenoxy) is 1. The molecule has 0 fully saturated rings. The number of rotatable bonds is 4. The van der Waals surface area contributed by atoms with Crippen molar-refractivity contribution in [2.24, 2.45) is 0 Å². The highest BCUT2D eigenvalue weighted by Crippen LogP contribution is 2.44. The summed E-state index contributed by atoms with van der Waals surface area (Å²) in [4.78, 5) is 11.0. The maximum Gasteiger partial charge on any atom is 0.417 e. The molecule has 0 saturated heterocycles. The van der Waals surface area contributed by atoms with Crippen molar-refractivity contribution < 1.29 is 27.2 Å². The highest BCUT2D eigenvalue weighted by atomic mass is 19.4. The lowest BCUT2D eigenvalue weighted by molar-refractivity contribution is -0.137. The molecule has 4 rings (SSSR count). The van der Waals surface area contributed by atoms with Gasteiger partial charge >= 0.3 is 6.18 Å². The average Bonchev–Trinajstić information content (AvgIpc) is 3.10. The first kappa shape index (κ1) is 19.2. The minimum Gasteiger partial charge on any atom is -0.491 e. The van der Waals surface area contributed by atoms with E-state index in [-0.39, 0.29) is 23.2 Å². The van der Waals surface area contributed by atoms with Crippen LogP contribution in [0.4, 0.5) is 13.2 Å². The van der Waals surface area contributed by atoms with Gasteiger partial charge in [-0.3, -0.25) is 4.79 Å². The summed E-state index contributed by atoms with van der Waals surface area (Å²) in [5, 5.41) is 4.06. The van der Waals surface area contributed by atoms with E-state index in [9.17, 15) is 18.0 Å². The van der Waals surface area contributed by atoms with Crippen molar-refractivity contribution in [3.05, 3.63) is 58.7 Å². The lowest BCUT2D eigenvalue weighted by Gasteiger charge is -2.18. The van der Waals surface area contributed by atoms with Crippen LogP contribution >= 0.6 is 0 Å². The summed E-state index contributed by atoms with van der Waals surface area (Å²) in [5.41, 5.74) is 2.54. The molecule has 7 heteroatoms. The monoisotopic (exact) mass is 401 g/mol. The van der Waals surface area contributed by atoms with Crippen LogP contribution in [0.2, 0.25) is 0 Å². The molecule has 0 spiro atoms. The number of halogens is 3. The summed E-state index contributed by atoms with van der Waals surface area (Å²) in [6.45, 7) is 3.50. The van der Waals surface area contributed by atoms with Gasteiger partial charge in [0.15, 0.2) is 5.76 Å². The molecule has 0 amide bonds. The number of benzene rings is 2. The number of fused-ring (bicyclic) bond motifs is 3. The van der Waals surface area contributed by atoms with E-state index >= 15 is 0 Å². The third-order valence-electron chi connectivity index (χ3n) is 4.87. The zero-order valence-corrected chi connectivity index (χ0v) is 15.8. The smallest absolute Gasteiger partial charge is 0.417 e. The fourth-order valence-electron chi connectivity index (χ4n) is 3.65. The quantitative estimate of drug-likeness (QED) is 0.524. The number of aldehydes is 1. The second-order valence-corrected chi connectivity index (χ2v) is 7.25. The molecule has 4 nitrogen and oxygen atoms in total. The molecule has 1 aliphatic carbocycles. The number of carbonyl (C=O) groups is 1. The first-order valence-electron chi connectivity index (χ1n) is 9.23. The van der Waals surface area contributed by atoms with Crippen molar-refractivity contribution in [1.82, 2.24) is 5.16 Å². The Hall–Kier alpha value is -3.09. The van der Waals surface area contributed by atoms with Crippen molar-refractivity contribution >= 4 is 6.29 Å². The Morgan fingerprint density at radius 1 is 1.10 bits per heavy atom. The molecule has 3 aromatic rings. The summed E-state index contributed by atoms with van der Waals surface area (Å²) < 4.78 is 52.1. The molecule has 0 N–H and O–H groups in total. The van der Waals surface area contributed by atoms with Gasteiger partial charge in [-0.25, -0.2) is 0 Å². The summed E-state index contributed by atoms with van der Waals surface area (Å²) in [5.74, 6) is 0.268. The van der Waals surface area contributed by atoms with Crippen LogP contribution in [0.3, 0.4) is 0 Å². The molecule has 0 atom stereocenters. The molecule has 0 radical (unpaired) electrons. The van der Waals surface area contributed by atoms with Gasteiger partial charge in [-0.15, -0.1) is 0 Å². The normalized spacial score (nSPS) is 13.2. The molecule has 2 aromatic carbocycles. The first-order valence-corrected chi connectivity index (χ1v) is 9.23. The Bertz CT molecular complexity index is 1080. The molecule has 1 aromatic heterocycles. The summed E-state index contributed by atoms with van der Waals surface area (Å²) in [6, 6.07) is 9.07. The SMILES string of the molecule is CC(C)Oc1ccc(-c2onc3c2CCc2cc(C=O)ccc2-3)c(C(F)(F)F)c1. The standard InChI is InChI=1S/C22H18F3NO3/c1-12(2)28-15-5-8-17(19(10-15)22(23,24)25)21-18-7-4-14-9-13(11-27)3-6-16(14)20(18)26-29-21/h3,5-6,8-12H,4,7H2,1-2H3. The van der Waals surface area contributed by atoms with Gasteiger partial charge in [-0.05, 0) is 56.5 Å². The van der Waals surface area contributed by atoms with E-state index in [1.54, 1.807) is 32.0 Å². The Balaban J connectivity index is 1.83. The molecule has 1 heterocycles. The van der Waals surface area contributed by atoms with Gasteiger partial charge in [0.1, 0.15) is 17.7 Å². The maximum atomic E-state index is 13.8. The molecule has 1 aliphatic rings. The average molecular weight is 401 g/mol. The minimum absolute atomic E-state index is 0.0599. The number of carbonyl (C=O) groups excluding carboxylic acids is 1. The molecule has 0 saturated carbocycles. The Labute approximate surface area is 165 Å². The largest absolute Gasteiger partial charge is 0.491 e. The van der Waals surface area contributed by atoms with Crippen LogP contribution in [-0.2, 0) is 19.0 Å². The number of hydrogen-bond acceptors (Lipinski definition) is 4. The molecule has 0 aliphatic heterocycles. The van der Waals surface area contributed by atoms with Gasteiger partial charge in [0.2, 0.25) is 0 Å². The lowest BCUT2D eigenvalue weighted by atomic mass is 9.86. The van der Waals surface area contributed by atoms with Crippen LogP contribution in [0.1, 0.15) is 40.9 Å². The van der Waals surface area contributed by atoms with Gasteiger partial charge < -0.3 is 9.26 Å². The van der Waals surface area contributed by atoms with Crippen molar-refractivity contribution in [3.63, 3.8) is 0 Å². The van der Waals surface area contributed by atoms with Gasteiger partial charge in [-0.1, -0.05) is 17.3 Å². The Morgan fingerprint density at radius 2 is 1.86 bits per heavy atom. The van der Waals surface area contributed by atoms with Crippen LogP contribution in [0.25, 0.3) is 22.6 Å². The second kappa shape index (κ2) is 7.06. The predicted octanol–water partition coefficient (Wildman–Crippen LogP) is 5.73. The maximum absolute atomic E-state index is 13.8. The van der Waals surface area contributed by atoms with Gasteiger partial charge in [-0.2, -0.15) is 13.2 Å². The zero-order valence-electron chi connectivity index (χ0n) is 15.8. The minimum atomic E-state index is -4.57. The van der Waals surface area contributed by atoms with E-state index in [0.29, 0.717) is 29.7 Å². The van der Waals surface area contributed by atoms with Crippen LogP contribution in [0.15, 0.2) is 40.9 Å². The van der Waals surface area contributed by atoms with Crippen molar-refractivity contribution in [2.75, 3.05) is 0 Å². The Morgan fingerprint density at radius 3 is 2.55 bits per heavy atom. The van der Waals surface area contributed by atoms with Crippen LogP contribution < -0.4 is 4.74 Å². The topological polar surface area (TPSA) is 52.3 Å². The number of hydrogen-bond donors (Lipinski definition) is 0. The summed E-state index contributed by atoms with van der Waals surface area (Å²) >= 11 is 0. The fraction of sp³-hybridized carbons (Fsp3) is 0.273. The molecule has 150 valence electrons. The number of aromatic nitrogens is 1. The van der Waals surface area contributed by atoms with Gasteiger partial charge in [0, 0.05) is 22.3 Å². The van der Waals surface area contributed by atoms with Crippen LogP contribution in [0, 0.1) is 0 Å². The van der Waals surface area contributed by atoms with Gasteiger partial charge in [0.05, 0.1) is 11.7 Å². The van der Waals surface area contributed by atoms with Crippen molar-refractivity contribution in [3.8, 4) is 28.3 Å². The van der Waals surface area contributed by atoms with E-state index in [2.05, 4.69) is 5.16 Å². The zero-order chi connectivity index (χ0) is 20.8. The fourth-order valence-corrected chi connectivity index (χ4v) is 3.65. The van der Waals surface area contributed by atoms with Crippen molar-refractivity contribution in [1.29, 1.82) is 0 Å². The van der Waals surface area contributed by atoms with Crippen molar-refractivity contribution in [2.45, 2.75) is 39.0 Å².